The summed E-state index contributed by atoms with van der Waals surface area (Å²) >= 11 is 5.98. The van der Waals surface area contributed by atoms with Gasteiger partial charge in [-0.15, -0.1) is 0 Å². The van der Waals surface area contributed by atoms with Crippen LogP contribution < -0.4 is 5.73 Å². The van der Waals surface area contributed by atoms with Gasteiger partial charge < -0.3 is 5.73 Å². The molecule has 3 nitrogen and oxygen atoms in total. The van der Waals surface area contributed by atoms with Gasteiger partial charge in [0.1, 0.15) is 9.84 Å². The molecule has 0 aromatic heterocycles. The minimum Gasteiger partial charge on any atom is -0.330 e. The van der Waals surface area contributed by atoms with Crippen molar-refractivity contribution in [3.63, 3.8) is 0 Å². The van der Waals surface area contributed by atoms with Gasteiger partial charge in [0.25, 0.3) is 0 Å². The zero-order valence-corrected chi connectivity index (χ0v) is 10.1. The molecule has 1 rings (SSSR count). The molecule has 1 aromatic carbocycles. The van der Waals surface area contributed by atoms with Crippen molar-refractivity contribution in [2.75, 3.05) is 18.6 Å². The molecule has 0 fully saturated rings. The second-order valence-electron chi connectivity index (χ2n) is 3.55. The first-order valence-electron chi connectivity index (χ1n) is 4.56. The second kappa shape index (κ2) is 4.96. The molecule has 1 aromatic rings. The molecule has 5 heteroatoms. The quantitative estimate of drug-likeness (QED) is 0.876. The summed E-state index contributed by atoms with van der Waals surface area (Å²) in [5, 5.41) is 0.566. The number of rotatable bonds is 4. The molecule has 0 saturated heterocycles. The predicted octanol–water partition coefficient (Wildman–Crippen LogP) is 1.43. The number of benzene rings is 1. The van der Waals surface area contributed by atoms with Gasteiger partial charge in [-0.05, 0) is 11.6 Å². The summed E-state index contributed by atoms with van der Waals surface area (Å²) in [5.74, 6) is -0.193. The first-order valence-corrected chi connectivity index (χ1v) is 7.00. The Morgan fingerprint density at radius 1 is 1.40 bits per heavy atom. The van der Waals surface area contributed by atoms with Gasteiger partial charge in [0, 0.05) is 23.7 Å². The summed E-state index contributed by atoms with van der Waals surface area (Å²) in [6.07, 6.45) is 1.20. The molecule has 0 amide bonds. The van der Waals surface area contributed by atoms with Crippen LogP contribution in [0.3, 0.4) is 0 Å². The van der Waals surface area contributed by atoms with Crippen LogP contribution >= 0.6 is 11.6 Å². The fraction of sp³-hybridized carbons (Fsp3) is 0.400. The smallest absolute Gasteiger partial charge is 0.148 e. The fourth-order valence-electron chi connectivity index (χ4n) is 1.46. The van der Waals surface area contributed by atoms with Gasteiger partial charge in [0.15, 0.2) is 0 Å². The number of hydrogen-bond donors (Lipinski definition) is 1. The zero-order valence-electron chi connectivity index (χ0n) is 8.48. The standard InChI is InChI=1S/C10H14ClNO2S/c1-15(13,14)7-8(6-12)9-4-2-3-5-10(9)11/h2-5,8H,6-7,12H2,1H3. The summed E-state index contributed by atoms with van der Waals surface area (Å²) in [4.78, 5) is 0. The van der Waals surface area contributed by atoms with E-state index in [1.807, 2.05) is 12.1 Å². The van der Waals surface area contributed by atoms with E-state index in [1.165, 1.54) is 6.26 Å². The monoisotopic (exact) mass is 247 g/mol. The van der Waals surface area contributed by atoms with Crippen LogP contribution in [0.25, 0.3) is 0 Å². The summed E-state index contributed by atoms with van der Waals surface area (Å²) in [5.41, 5.74) is 6.36. The first-order chi connectivity index (χ1) is 6.94. The molecule has 84 valence electrons. The summed E-state index contributed by atoms with van der Waals surface area (Å²) < 4.78 is 22.4. The highest BCUT2D eigenvalue weighted by Crippen LogP contribution is 2.24. The minimum atomic E-state index is -3.04. The highest BCUT2D eigenvalue weighted by atomic mass is 35.5. The van der Waals surface area contributed by atoms with Crippen LogP contribution in [0.15, 0.2) is 24.3 Å². The van der Waals surface area contributed by atoms with E-state index in [0.717, 1.165) is 5.56 Å². The lowest BCUT2D eigenvalue weighted by molar-refractivity contribution is 0.593. The highest BCUT2D eigenvalue weighted by molar-refractivity contribution is 7.90. The summed E-state index contributed by atoms with van der Waals surface area (Å²) in [6.45, 7) is 0.275. The minimum absolute atomic E-state index is 0.0350. The van der Waals surface area contributed by atoms with Crippen LogP contribution in [0.2, 0.25) is 5.02 Å². The number of sulfone groups is 1. The largest absolute Gasteiger partial charge is 0.330 e. The Hall–Kier alpha value is -0.580. The van der Waals surface area contributed by atoms with Gasteiger partial charge in [-0.3, -0.25) is 0 Å². The molecule has 1 unspecified atom stereocenters. The van der Waals surface area contributed by atoms with E-state index < -0.39 is 9.84 Å². The third-order valence-electron chi connectivity index (χ3n) is 2.13. The summed E-state index contributed by atoms with van der Waals surface area (Å²) in [7, 11) is -3.04. The Morgan fingerprint density at radius 2 is 2.00 bits per heavy atom. The molecule has 1 atom stereocenters. The highest BCUT2D eigenvalue weighted by Gasteiger charge is 2.17. The van der Waals surface area contributed by atoms with Crippen LogP contribution in [-0.4, -0.2) is 27.0 Å². The zero-order chi connectivity index (χ0) is 11.5. The van der Waals surface area contributed by atoms with Crippen LogP contribution in [0, 0.1) is 0 Å². The molecule has 2 N–H and O–H groups in total. The van der Waals surface area contributed by atoms with Gasteiger partial charge in [-0.1, -0.05) is 29.8 Å². The Balaban J connectivity index is 2.98. The van der Waals surface area contributed by atoms with Crippen LogP contribution in [-0.2, 0) is 9.84 Å². The van der Waals surface area contributed by atoms with E-state index in [1.54, 1.807) is 12.1 Å². The van der Waals surface area contributed by atoms with E-state index >= 15 is 0 Å². The second-order valence-corrected chi connectivity index (χ2v) is 6.14. The van der Waals surface area contributed by atoms with Gasteiger partial charge in [-0.25, -0.2) is 8.42 Å². The Labute approximate surface area is 95.2 Å². The summed E-state index contributed by atoms with van der Waals surface area (Å²) in [6, 6.07) is 7.18. The molecular weight excluding hydrogens is 234 g/mol. The Morgan fingerprint density at radius 3 is 2.47 bits per heavy atom. The van der Waals surface area contributed by atoms with Gasteiger partial charge >= 0.3 is 0 Å². The molecule has 0 radical (unpaired) electrons. The molecule has 0 bridgehead atoms. The molecular formula is C10H14ClNO2S. The van der Waals surface area contributed by atoms with E-state index in [0.29, 0.717) is 5.02 Å². The number of nitrogens with two attached hydrogens (primary N) is 1. The van der Waals surface area contributed by atoms with Gasteiger partial charge in [-0.2, -0.15) is 0 Å². The number of hydrogen-bond acceptors (Lipinski definition) is 3. The van der Waals surface area contributed by atoms with E-state index in [4.69, 9.17) is 17.3 Å². The maximum Gasteiger partial charge on any atom is 0.148 e. The van der Waals surface area contributed by atoms with Crippen molar-refractivity contribution in [2.24, 2.45) is 5.73 Å². The third kappa shape index (κ3) is 3.81. The molecule has 0 aliphatic carbocycles. The molecule has 0 heterocycles. The number of halogens is 1. The van der Waals surface area contributed by atoms with E-state index in [2.05, 4.69) is 0 Å². The molecule has 0 aliphatic heterocycles. The maximum absolute atomic E-state index is 11.2. The fourth-order valence-corrected chi connectivity index (χ4v) is 2.79. The Kier molecular flexibility index (Phi) is 4.13. The average molecular weight is 248 g/mol. The van der Waals surface area contributed by atoms with E-state index in [9.17, 15) is 8.42 Å². The normalized spacial score (nSPS) is 13.8. The first kappa shape index (κ1) is 12.5. The van der Waals surface area contributed by atoms with Crippen molar-refractivity contribution in [3.05, 3.63) is 34.9 Å². The van der Waals surface area contributed by atoms with Crippen molar-refractivity contribution in [1.82, 2.24) is 0 Å². The van der Waals surface area contributed by atoms with Crippen molar-refractivity contribution < 1.29 is 8.42 Å². The lowest BCUT2D eigenvalue weighted by Crippen LogP contribution is -2.21. The third-order valence-corrected chi connectivity index (χ3v) is 3.49. The average Bonchev–Trinajstić information content (AvgIpc) is 2.14. The van der Waals surface area contributed by atoms with Crippen molar-refractivity contribution in [3.8, 4) is 0 Å². The molecule has 0 aliphatic rings. The molecule has 0 saturated carbocycles. The van der Waals surface area contributed by atoms with Crippen molar-refractivity contribution in [1.29, 1.82) is 0 Å². The molecule has 15 heavy (non-hydrogen) atoms. The van der Waals surface area contributed by atoms with Crippen molar-refractivity contribution >= 4 is 21.4 Å². The van der Waals surface area contributed by atoms with E-state index in [-0.39, 0.29) is 18.2 Å². The van der Waals surface area contributed by atoms with Crippen LogP contribution in [0.5, 0.6) is 0 Å². The van der Waals surface area contributed by atoms with Crippen molar-refractivity contribution in [2.45, 2.75) is 5.92 Å². The van der Waals surface area contributed by atoms with Crippen LogP contribution in [0.4, 0.5) is 0 Å². The lowest BCUT2D eigenvalue weighted by atomic mass is 10.0. The maximum atomic E-state index is 11.2. The Bertz CT molecular complexity index is 431. The SMILES string of the molecule is CS(=O)(=O)CC(CN)c1ccccc1Cl. The van der Waals surface area contributed by atoms with Gasteiger partial charge in [0.05, 0.1) is 5.75 Å². The van der Waals surface area contributed by atoms with Gasteiger partial charge in [0.2, 0.25) is 0 Å². The predicted molar refractivity (Wildman–Crippen MR) is 63.0 cm³/mol. The molecule has 0 spiro atoms. The topological polar surface area (TPSA) is 60.2 Å². The van der Waals surface area contributed by atoms with Crippen LogP contribution in [0.1, 0.15) is 11.5 Å². The lowest BCUT2D eigenvalue weighted by Gasteiger charge is -2.15.